The van der Waals surface area contributed by atoms with E-state index in [1.54, 1.807) is 19.1 Å². The fourth-order valence-electron chi connectivity index (χ4n) is 1.29. The molecule has 17 heavy (non-hydrogen) atoms. The van der Waals surface area contributed by atoms with Crippen LogP contribution in [0.25, 0.3) is 0 Å². The van der Waals surface area contributed by atoms with E-state index in [0.717, 1.165) is 6.42 Å². The van der Waals surface area contributed by atoms with Crippen molar-refractivity contribution in [2.45, 2.75) is 26.4 Å². The minimum Gasteiger partial charge on any atom is -0.385 e. The van der Waals surface area contributed by atoms with Crippen molar-refractivity contribution < 1.29 is 19.0 Å². The van der Waals surface area contributed by atoms with E-state index in [2.05, 4.69) is 0 Å². The standard InChI is InChI=1S/C12H25NO4/c1-11(2)17-10-12(14)13(7-9-16-4)6-5-8-15-3/h11H,5-10H2,1-4H3. The molecule has 0 aliphatic rings. The molecule has 5 heteroatoms. The van der Waals surface area contributed by atoms with Crippen molar-refractivity contribution in [2.75, 3.05) is 47.1 Å². The molecule has 0 fully saturated rings. The van der Waals surface area contributed by atoms with Gasteiger partial charge < -0.3 is 19.1 Å². The first-order chi connectivity index (χ1) is 8.11. The fraction of sp³-hybridized carbons (Fsp3) is 0.917. The summed E-state index contributed by atoms with van der Waals surface area (Å²) >= 11 is 0. The molecule has 1 amide bonds. The van der Waals surface area contributed by atoms with Crippen molar-refractivity contribution in [1.82, 2.24) is 4.90 Å². The first kappa shape index (κ1) is 16.4. The number of rotatable bonds is 10. The van der Waals surface area contributed by atoms with Crippen LogP contribution >= 0.6 is 0 Å². The Morgan fingerprint density at radius 2 is 1.76 bits per heavy atom. The zero-order valence-corrected chi connectivity index (χ0v) is 11.4. The second-order valence-electron chi connectivity index (χ2n) is 4.08. The number of hydrogen-bond acceptors (Lipinski definition) is 4. The molecular formula is C12H25NO4. The van der Waals surface area contributed by atoms with Gasteiger partial charge in [-0.25, -0.2) is 0 Å². The van der Waals surface area contributed by atoms with E-state index in [1.807, 2.05) is 13.8 Å². The Balaban J connectivity index is 4.00. The second kappa shape index (κ2) is 10.5. The highest BCUT2D eigenvalue weighted by Gasteiger charge is 2.13. The molecule has 0 saturated carbocycles. The normalized spacial score (nSPS) is 10.9. The molecule has 0 unspecified atom stereocenters. The summed E-state index contributed by atoms with van der Waals surface area (Å²) in [5, 5.41) is 0. The molecule has 0 saturated heterocycles. The zero-order chi connectivity index (χ0) is 13.1. The van der Waals surface area contributed by atoms with Gasteiger partial charge in [-0.2, -0.15) is 0 Å². The van der Waals surface area contributed by atoms with Gasteiger partial charge in [-0.05, 0) is 20.3 Å². The molecule has 0 aromatic rings. The van der Waals surface area contributed by atoms with Crippen LogP contribution < -0.4 is 0 Å². The van der Waals surface area contributed by atoms with Crippen LogP contribution in [0.1, 0.15) is 20.3 Å². The summed E-state index contributed by atoms with van der Waals surface area (Å²) in [5.41, 5.74) is 0. The Morgan fingerprint density at radius 1 is 1.12 bits per heavy atom. The molecule has 0 aliphatic carbocycles. The van der Waals surface area contributed by atoms with Gasteiger partial charge in [-0.1, -0.05) is 0 Å². The van der Waals surface area contributed by atoms with E-state index < -0.39 is 0 Å². The summed E-state index contributed by atoms with van der Waals surface area (Å²) in [7, 11) is 3.28. The smallest absolute Gasteiger partial charge is 0.248 e. The number of carbonyl (C=O) groups excluding carboxylic acids is 1. The van der Waals surface area contributed by atoms with Gasteiger partial charge >= 0.3 is 0 Å². The molecule has 5 nitrogen and oxygen atoms in total. The van der Waals surface area contributed by atoms with Gasteiger partial charge in [0.1, 0.15) is 6.61 Å². The van der Waals surface area contributed by atoms with Gasteiger partial charge in [0.2, 0.25) is 5.91 Å². The topological polar surface area (TPSA) is 48.0 Å². The third-order valence-electron chi connectivity index (χ3n) is 2.23. The van der Waals surface area contributed by atoms with Crippen molar-refractivity contribution in [3.05, 3.63) is 0 Å². The SMILES string of the molecule is COCCCN(CCOC)C(=O)COC(C)C. The maximum atomic E-state index is 11.9. The maximum Gasteiger partial charge on any atom is 0.248 e. The Bertz CT molecular complexity index is 197. The van der Waals surface area contributed by atoms with Crippen LogP contribution in [0.5, 0.6) is 0 Å². The number of ether oxygens (including phenoxy) is 3. The predicted octanol–water partition coefficient (Wildman–Crippen LogP) is 0.923. The highest BCUT2D eigenvalue weighted by atomic mass is 16.5. The van der Waals surface area contributed by atoms with Crippen LogP contribution in [0, 0.1) is 0 Å². The average Bonchev–Trinajstić information content (AvgIpc) is 2.30. The van der Waals surface area contributed by atoms with E-state index in [1.165, 1.54) is 0 Å². The van der Waals surface area contributed by atoms with E-state index >= 15 is 0 Å². The number of amides is 1. The Kier molecular flexibility index (Phi) is 10.1. The molecule has 0 spiro atoms. The van der Waals surface area contributed by atoms with Gasteiger partial charge in [0.15, 0.2) is 0 Å². The molecule has 0 aromatic carbocycles. The van der Waals surface area contributed by atoms with Crippen LogP contribution in [0.15, 0.2) is 0 Å². The van der Waals surface area contributed by atoms with Crippen LogP contribution in [-0.2, 0) is 19.0 Å². The number of hydrogen-bond donors (Lipinski definition) is 0. The summed E-state index contributed by atoms with van der Waals surface area (Å²) in [6.45, 7) is 6.43. The van der Waals surface area contributed by atoms with Crippen molar-refractivity contribution >= 4 is 5.91 Å². The largest absolute Gasteiger partial charge is 0.385 e. The van der Waals surface area contributed by atoms with Crippen molar-refractivity contribution in [1.29, 1.82) is 0 Å². The van der Waals surface area contributed by atoms with Gasteiger partial charge in [-0.3, -0.25) is 4.79 Å². The van der Waals surface area contributed by atoms with Gasteiger partial charge in [0.25, 0.3) is 0 Å². The Hall–Kier alpha value is -0.650. The van der Waals surface area contributed by atoms with Gasteiger partial charge in [0, 0.05) is 33.9 Å². The third-order valence-corrected chi connectivity index (χ3v) is 2.23. The van der Waals surface area contributed by atoms with Crippen LogP contribution in [-0.4, -0.2) is 64.0 Å². The van der Waals surface area contributed by atoms with E-state index in [9.17, 15) is 4.79 Å². The number of nitrogens with zero attached hydrogens (tertiary/aromatic N) is 1. The molecule has 0 bridgehead atoms. The molecule has 0 N–H and O–H groups in total. The van der Waals surface area contributed by atoms with Crippen molar-refractivity contribution in [2.24, 2.45) is 0 Å². The molecule has 0 atom stereocenters. The van der Waals surface area contributed by atoms with Crippen molar-refractivity contribution in [3.8, 4) is 0 Å². The highest BCUT2D eigenvalue weighted by Crippen LogP contribution is 1.97. The Labute approximate surface area is 104 Å². The average molecular weight is 247 g/mol. The van der Waals surface area contributed by atoms with Gasteiger partial charge in [0.05, 0.1) is 12.7 Å². The molecule has 0 rings (SSSR count). The summed E-state index contributed by atoms with van der Waals surface area (Å²) in [4.78, 5) is 13.6. The van der Waals surface area contributed by atoms with E-state index in [4.69, 9.17) is 14.2 Å². The lowest BCUT2D eigenvalue weighted by molar-refractivity contribution is -0.138. The molecule has 0 radical (unpaired) electrons. The van der Waals surface area contributed by atoms with Crippen molar-refractivity contribution in [3.63, 3.8) is 0 Å². The predicted molar refractivity (Wildman–Crippen MR) is 66.0 cm³/mol. The Morgan fingerprint density at radius 3 is 2.29 bits per heavy atom. The second-order valence-corrected chi connectivity index (χ2v) is 4.08. The van der Waals surface area contributed by atoms with Crippen LogP contribution in [0.4, 0.5) is 0 Å². The number of methoxy groups -OCH3 is 2. The zero-order valence-electron chi connectivity index (χ0n) is 11.4. The lowest BCUT2D eigenvalue weighted by Gasteiger charge is -2.22. The first-order valence-corrected chi connectivity index (χ1v) is 5.99. The fourth-order valence-corrected chi connectivity index (χ4v) is 1.29. The molecule has 102 valence electrons. The first-order valence-electron chi connectivity index (χ1n) is 5.99. The van der Waals surface area contributed by atoms with Crippen LogP contribution in [0.3, 0.4) is 0 Å². The summed E-state index contributed by atoms with van der Waals surface area (Å²) in [5.74, 6) is 0.00635. The van der Waals surface area contributed by atoms with E-state index in [0.29, 0.717) is 26.3 Å². The summed E-state index contributed by atoms with van der Waals surface area (Å²) < 4.78 is 15.3. The lowest BCUT2D eigenvalue weighted by Crippen LogP contribution is -2.38. The molecule has 0 heterocycles. The molecular weight excluding hydrogens is 222 g/mol. The minimum absolute atomic E-state index is 0.00635. The molecule has 0 aromatic heterocycles. The van der Waals surface area contributed by atoms with E-state index in [-0.39, 0.29) is 18.6 Å². The quantitative estimate of drug-likeness (QED) is 0.539. The molecule has 0 aliphatic heterocycles. The third kappa shape index (κ3) is 9.09. The lowest BCUT2D eigenvalue weighted by atomic mass is 10.3. The van der Waals surface area contributed by atoms with Gasteiger partial charge in [-0.15, -0.1) is 0 Å². The maximum absolute atomic E-state index is 11.9. The number of carbonyl (C=O) groups is 1. The minimum atomic E-state index is 0.00635. The monoisotopic (exact) mass is 247 g/mol. The highest BCUT2D eigenvalue weighted by molar-refractivity contribution is 5.77. The summed E-state index contributed by atoms with van der Waals surface area (Å²) in [6.07, 6.45) is 0.898. The summed E-state index contributed by atoms with van der Waals surface area (Å²) in [6, 6.07) is 0. The van der Waals surface area contributed by atoms with Crippen LogP contribution in [0.2, 0.25) is 0 Å².